The number of carbonyl (C=O) groups excluding carboxylic acids is 1. The van der Waals surface area contributed by atoms with Crippen molar-refractivity contribution in [2.75, 3.05) is 7.11 Å². The van der Waals surface area contributed by atoms with Crippen LogP contribution in [0.1, 0.15) is 12.0 Å². The van der Waals surface area contributed by atoms with Crippen LogP contribution in [0.3, 0.4) is 0 Å². The summed E-state index contributed by atoms with van der Waals surface area (Å²) in [5, 5.41) is 0. The highest BCUT2D eigenvalue weighted by atomic mass is 79.9. The van der Waals surface area contributed by atoms with Crippen LogP contribution >= 0.6 is 15.9 Å². The van der Waals surface area contributed by atoms with E-state index in [0.29, 0.717) is 6.42 Å². The van der Waals surface area contributed by atoms with Crippen LogP contribution in [0.25, 0.3) is 0 Å². The van der Waals surface area contributed by atoms with Crippen molar-refractivity contribution in [1.29, 1.82) is 0 Å². The average molecular weight is 258 g/mol. The summed E-state index contributed by atoms with van der Waals surface area (Å²) in [6.07, 6.45) is 1.16. The van der Waals surface area contributed by atoms with Crippen LogP contribution in [0.2, 0.25) is 0 Å². The minimum absolute atomic E-state index is 0.101. The van der Waals surface area contributed by atoms with Gasteiger partial charge in [0.1, 0.15) is 0 Å². The van der Waals surface area contributed by atoms with E-state index in [4.69, 9.17) is 0 Å². The van der Waals surface area contributed by atoms with Gasteiger partial charge in [-0.2, -0.15) is 0 Å². The van der Waals surface area contributed by atoms with E-state index in [0.717, 1.165) is 16.5 Å². The van der Waals surface area contributed by atoms with Crippen molar-refractivity contribution in [2.45, 2.75) is 12.8 Å². The molecule has 0 saturated carbocycles. The number of aryl methyl sites for hydroxylation is 1. The molecule has 14 heavy (non-hydrogen) atoms. The molecule has 1 rings (SSSR count). The number of hydroxylamine groups is 1. The lowest BCUT2D eigenvalue weighted by Crippen LogP contribution is -2.21. The summed E-state index contributed by atoms with van der Waals surface area (Å²) < 4.78 is 1.04. The summed E-state index contributed by atoms with van der Waals surface area (Å²) in [5.74, 6) is -0.101. The number of benzene rings is 1. The topological polar surface area (TPSA) is 38.3 Å². The second kappa shape index (κ2) is 5.78. The molecule has 3 nitrogen and oxygen atoms in total. The van der Waals surface area contributed by atoms with Crippen LogP contribution in [0.15, 0.2) is 28.7 Å². The molecule has 0 fully saturated rings. The Morgan fingerprint density at radius 3 is 2.64 bits per heavy atom. The van der Waals surface area contributed by atoms with Gasteiger partial charge in [0.25, 0.3) is 0 Å². The molecule has 0 bridgehead atoms. The van der Waals surface area contributed by atoms with Gasteiger partial charge in [0.15, 0.2) is 0 Å². The normalized spacial score (nSPS) is 9.86. The van der Waals surface area contributed by atoms with Crippen LogP contribution in [0.5, 0.6) is 0 Å². The van der Waals surface area contributed by atoms with Gasteiger partial charge in [-0.1, -0.05) is 28.1 Å². The van der Waals surface area contributed by atoms with E-state index in [1.807, 2.05) is 24.3 Å². The Hall–Kier alpha value is -0.870. The maximum Gasteiger partial charge on any atom is 0.243 e. The minimum atomic E-state index is -0.101. The van der Waals surface area contributed by atoms with Crippen molar-refractivity contribution in [3.63, 3.8) is 0 Å². The Balaban J connectivity index is 2.38. The fourth-order valence-electron chi connectivity index (χ4n) is 1.07. The molecule has 0 heterocycles. The van der Waals surface area contributed by atoms with Crippen LogP contribution in [0, 0.1) is 0 Å². The number of hydrogen-bond donors (Lipinski definition) is 1. The van der Waals surface area contributed by atoms with Crippen molar-refractivity contribution < 1.29 is 9.63 Å². The predicted octanol–water partition coefficient (Wildman–Crippen LogP) is 2.06. The summed E-state index contributed by atoms with van der Waals surface area (Å²) >= 11 is 3.35. The molecule has 0 spiro atoms. The molecule has 1 amide bonds. The zero-order chi connectivity index (χ0) is 10.4. The zero-order valence-corrected chi connectivity index (χ0v) is 9.50. The fourth-order valence-corrected chi connectivity index (χ4v) is 1.34. The third-order valence-electron chi connectivity index (χ3n) is 1.77. The number of hydrogen-bond acceptors (Lipinski definition) is 2. The molecule has 4 heteroatoms. The van der Waals surface area contributed by atoms with Crippen LogP contribution in [0.4, 0.5) is 0 Å². The molecule has 0 saturated heterocycles. The minimum Gasteiger partial charge on any atom is -0.277 e. The van der Waals surface area contributed by atoms with E-state index >= 15 is 0 Å². The summed E-state index contributed by atoms with van der Waals surface area (Å²) in [6.45, 7) is 0. The van der Waals surface area contributed by atoms with Crippen molar-refractivity contribution in [1.82, 2.24) is 5.48 Å². The molecule has 76 valence electrons. The average Bonchev–Trinajstić information content (AvgIpc) is 2.17. The maximum absolute atomic E-state index is 11.0. The Labute approximate surface area is 91.5 Å². The Morgan fingerprint density at radius 1 is 1.43 bits per heavy atom. The fraction of sp³-hybridized carbons (Fsp3) is 0.300. The van der Waals surface area contributed by atoms with Gasteiger partial charge in [-0.05, 0) is 24.1 Å². The molecule has 0 aromatic heterocycles. The molecule has 1 N–H and O–H groups in total. The van der Waals surface area contributed by atoms with E-state index < -0.39 is 0 Å². The van der Waals surface area contributed by atoms with E-state index in [-0.39, 0.29) is 5.91 Å². The number of halogens is 1. The monoisotopic (exact) mass is 257 g/mol. The maximum atomic E-state index is 11.0. The van der Waals surface area contributed by atoms with Gasteiger partial charge in [0, 0.05) is 10.9 Å². The van der Waals surface area contributed by atoms with Crippen LogP contribution in [-0.4, -0.2) is 13.0 Å². The predicted molar refractivity (Wildman–Crippen MR) is 57.6 cm³/mol. The van der Waals surface area contributed by atoms with E-state index in [2.05, 4.69) is 26.2 Å². The third-order valence-corrected chi connectivity index (χ3v) is 2.30. The van der Waals surface area contributed by atoms with Gasteiger partial charge in [0.2, 0.25) is 5.91 Å². The number of nitrogens with one attached hydrogen (secondary N) is 1. The SMILES string of the molecule is CONC(=O)CCc1ccc(Br)cc1. The molecule has 0 aliphatic carbocycles. The Kier molecular flexibility index (Phi) is 4.62. The molecule has 0 aliphatic rings. The van der Waals surface area contributed by atoms with Gasteiger partial charge in [-0.15, -0.1) is 0 Å². The second-order valence-electron chi connectivity index (χ2n) is 2.86. The summed E-state index contributed by atoms with van der Waals surface area (Å²) in [7, 11) is 1.43. The van der Waals surface area contributed by atoms with Crippen LogP contribution in [-0.2, 0) is 16.1 Å². The highest BCUT2D eigenvalue weighted by Gasteiger charge is 2.00. The van der Waals surface area contributed by atoms with E-state index in [1.165, 1.54) is 7.11 Å². The summed E-state index contributed by atoms with van der Waals surface area (Å²) in [5.41, 5.74) is 3.42. The van der Waals surface area contributed by atoms with Crippen molar-refractivity contribution in [2.24, 2.45) is 0 Å². The number of carbonyl (C=O) groups is 1. The summed E-state index contributed by atoms with van der Waals surface area (Å²) in [6, 6.07) is 7.90. The first-order valence-corrected chi connectivity index (χ1v) is 5.08. The third kappa shape index (κ3) is 3.89. The molecular formula is C10H12BrNO2. The molecule has 0 atom stereocenters. The lowest BCUT2D eigenvalue weighted by atomic mass is 10.1. The van der Waals surface area contributed by atoms with Crippen LogP contribution < -0.4 is 5.48 Å². The first kappa shape index (κ1) is 11.2. The van der Waals surface area contributed by atoms with Gasteiger partial charge in [0.05, 0.1) is 7.11 Å². The molecule has 0 unspecified atom stereocenters. The number of amides is 1. The standard InChI is InChI=1S/C10H12BrNO2/c1-14-12-10(13)7-4-8-2-5-9(11)6-3-8/h2-3,5-6H,4,7H2,1H3,(H,12,13). The van der Waals surface area contributed by atoms with Gasteiger partial charge in [-0.3, -0.25) is 9.63 Å². The highest BCUT2D eigenvalue weighted by Crippen LogP contribution is 2.11. The zero-order valence-electron chi connectivity index (χ0n) is 7.92. The van der Waals surface area contributed by atoms with Crippen molar-refractivity contribution >= 4 is 21.8 Å². The molecule has 0 radical (unpaired) electrons. The summed E-state index contributed by atoms with van der Waals surface area (Å²) in [4.78, 5) is 15.5. The highest BCUT2D eigenvalue weighted by molar-refractivity contribution is 9.10. The largest absolute Gasteiger partial charge is 0.277 e. The molecular weight excluding hydrogens is 246 g/mol. The quantitative estimate of drug-likeness (QED) is 0.839. The lowest BCUT2D eigenvalue weighted by molar-refractivity contribution is -0.131. The van der Waals surface area contributed by atoms with Gasteiger partial charge in [-0.25, -0.2) is 5.48 Å². The number of rotatable bonds is 4. The van der Waals surface area contributed by atoms with Crippen molar-refractivity contribution in [3.05, 3.63) is 34.3 Å². The first-order chi connectivity index (χ1) is 6.72. The molecule has 0 aliphatic heterocycles. The van der Waals surface area contributed by atoms with Gasteiger partial charge >= 0.3 is 0 Å². The van der Waals surface area contributed by atoms with Crippen molar-refractivity contribution in [3.8, 4) is 0 Å². The smallest absolute Gasteiger partial charge is 0.243 e. The molecule has 1 aromatic rings. The van der Waals surface area contributed by atoms with Gasteiger partial charge < -0.3 is 0 Å². The lowest BCUT2D eigenvalue weighted by Gasteiger charge is -2.02. The second-order valence-corrected chi connectivity index (χ2v) is 3.77. The van der Waals surface area contributed by atoms with E-state index in [1.54, 1.807) is 0 Å². The Bertz CT molecular complexity index is 297. The Morgan fingerprint density at radius 2 is 2.07 bits per heavy atom. The first-order valence-electron chi connectivity index (χ1n) is 4.28. The molecule has 1 aromatic carbocycles. The van der Waals surface area contributed by atoms with E-state index in [9.17, 15) is 4.79 Å².